The summed E-state index contributed by atoms with van der Waals surface area (Å²) in [6.07, 6.45) is 2.31. The van der Waals surface area contributed by atoms with Crippen LogP contribution in [0.25, 0.3) is 0 Å². The number of rotatable bonds is 4. The van der Waals surface area contributed by atoms with Gasteiger partial charge in [-0.1, -0.05) is 24.3 Å². The van der Waals surface area contributed by atoms with Gasteiger partial charge in [-0.3, -0.25) is 9.59 Å². The Hall–Kier alpha value is -2.18. The minimum Gasteiger partial charge on any atom is -0.388 e. The molecule has 2 N–H and O–H groups in total. The quantitative estimate of drug-likeness (QED) is 0.851. The van der Waals surface area contributed by atoms with Gasteiger partial charge in [0.25, 0.3) is 5.91 Å². The van der Waals surface area contributed by atoms with Crippen molar-refractivity contribution in [3.05, 3.63) is 58.3 Å². The smallest absolute Gasteiger partial charge is 0.251 e. The Balaban J connectivity index is 1.67. The number of nitrogens with one attached hydrogen (secondary N) is 1. The maximum absolute atomic E-state index is 12.9. The third-order valence-corrected chi connectivity index (χ3v) is 6.49. The first-order valence-electron chi connectivity index (χ1n) is 9.39. The van der Waals surface area contributed by atoms with E-state index in [1.165, 1.54) is 0 Å². The third-order valence-electron chi connectivity index (χ3n) is 5.55. The first-order valence-corrected chi connectivity index (χ1v) is 10.3. The fourth-order valence-electron chi connectivity index (χ4n) is 3.80. The molecule has 2 fully saturated rings. The molecule has 142 valence electrons. The zero-order chi connectivity index (χ0) is 19.0. The second-order valence-electron chi connectivity index (χ2n) is 7.69. The second kappa shape index (κ2) is 7.09. The Kier molecular flexibility index (Phi) is 4.78. The van der Waals surface area contributed by atoms with Crippen molar-refractivity contribution in [3.8, 4) is 0 Å². The molecule has 2 amide bonds. The van der Waals surface area contributed by atoms with Crippen LogP contribution in [0.1, 0.15) is 47.5 Å². The molecule has 5 nitrogen and oxygen atoms in total. The molecule has 1 aromatic carbocycles. The molecule has 2 aromatic rings. The van der Waals surface area contributed by atoms with Crippen molar-refractivity contribution < 1.29 is 14.7 Å². The van der Waals surface area contributed by atoms with E-state index in [0.29, 0.717) is 18.5 Å². The van der Waals surface area contributed by atoms with Crippen LogP contribution in [-0.2, 0) is 4.79 Å². The summed E-state index contributed by atoms with van der Waals surface area (Å²) in [7, 11) is 0. The van der Waals surface area contributed by atoms with E-state index in [2.05, 4.69) is 5.32 Å². The highest BCUT2D eigenvalue weighted by Gasteiger charge is 2.50. The molecule has 0 unspecified atom stereocenters. The fourth-order valence-corrected chi connectivity index (χ4v) is 4.67. The van der Waals surface area contributed by atoms with E-state index in [0.717, 1.165) is 17.7 Å². The van der Waals surface area contributed by atoms with Gasteiger partial charge in [-0.05, 0) is 49.8 Å². The average molecular weight is 385 g/mol. The lowest BCUT2D eigenvalue weighted by atomic mass is 9.81. The maximum Gasteiger partial charge on any atom is 0.251 e. The lowest BCUT2D eigenvalue weighted by Gasteiger charge is -2.48. The van der Waals surface area contributed by atoms with Gasteiger partial charge in [0.2, 0.25) is 5.91 Å². The molecule has 27 heavy (non-hydrogen) atoms. The highest BCUT2D eigenvalue weighted by Crippen LogP contribution is 2.42. The summed E-state index contributed by atoms with van der Waals surface area (Å²) in [6.45, 7) is 2.26. The van der Waals surface area contributed by atoms with Crippen LogP contribution in [0.5, 0.6) is 0 Å². The van der Waals surface area contributed by atoms with Crippen LogP contribution in [-0.4, -0.2) is 40.0 Å². The minimum atomic E-state index is -1.10. The molecular formula is C21H24N2O3S. The van der Waals surface area contributed by atoms with Crippen molar-refractivity contribution in [2.45, 2.75) is 43.9 Å². The van der Waals surface area contributed by atoms with Crippen molar-refractivity contribution in [1.29, 1.82) is 0 Å². The summed E-state index contributed by atoms with van der Waals surface area (Å²) in [5.74, 6) is 0.00648. The van der Waals surface area contributed by atoms with Gasteiger partial charge in [0.05, 0.1) is 17.7 Å². The first kappa shape index (κ1) is 18.2. The summed E-state index contributed by atoms with van der Waals surface area (Å²) >= 11 is 1.55. The molecular weight excluding hydrogens is 360 g/mol. The number of hydrogen-bond donors (Lipinski definition) is 2. The molecule has 1 aliphatic heterocycles. The van der Waals surface area contributed by atoms with E-state index in [1.54, 1.807) is 30.4 Å². The zero-order valence-corrected chi connectivity index (χ0v) is 16.1. The Morgan fingerprint density at radius 2 is 1.93 bits per heavy atom. The van der Waals surface area contributed by atoms with Gasteiger partial charge < -0.3 is 15.3 Å². The zero-order valence-electron chi connectivity index (χ0n) is 15.3. The number of nitrogens with zero attached hydrogens (tertiary/aromatic N) is 1. The second-order valence-corrected chi connectivity index (χ2v) is 8.67. The first-order chi connectivity index (χ1) is 13.0. The summed E-state index contributed by atoms with van der Waals surface area (Å²) in [5.41, 5.74) is -0.553. The van der Waals surface area contributed by atoms with Crippen LogP contribution in [0, 0.1) is 5.92 Å². The highest BCUT2D eigenvalue weighted by atomic mass is 32.1. The molecule has 6 heteroatoms. The van der Waals surface area contributed by atoms with E-state index in [1.807, 2.05) is 40.6 Å². The van der Waals surface area contributed by atoms with E-state index < -0.39 is 11.6 Å². The van der Waals surface area contributed by atoms with Crippen LogP contribution in [0.2, 0.25) is 0 Å². The van der Waals surface area contributed by atoms with Crippen molar-refractivity contribution in [3.63, 3.8) is 0 Å². The SMILES string of the molecule is C[C@@]1(O)CCN(C(=O)C2CC2)[C@@H](c2cccs2)[C@@H]1NC(=O)c1ccccc1. The van der Waals surface area contributed by atoms with E-state index >= 15 is 0 Å². The van der Waals surface area contributed by atoms with E-state index in [-0.39, 0.29) is 23.8 Å². The molecule has 1 aromatic heterocycles. The largest absolute Gasteiger partial charge is 0.388 e. The van der Waals surface area contributed by atoms with Gasteiger partial charge >= 0.3 is 0 Å². The number of benzene rings is 1. The molecule has 1 saturated heterocycles. The van der Waals surface area contributed by atoms with Gasteiger partial charge in [-0.2, -0.15) is 0 Å². The van der Waals surface area contributed by atoms with Crippen LogP contribution in [0.3, 0.4) is 0 Å². The van der Waals surface area contributed by atoms with Crippen LogP contribution in [0.4, 0.5) is 0 Å². The molecule has 0 spiro atoms. The van der Waals surface area contributed by atoms with Gasteiger partial charge in [0, 0.05) is 22.9 Å². The van der Waals surface area contributed by atoms with E-state index in [9.17, 15) is 14.7 Å². The Morgan fingerprint density at radius 1 is 1.19 bits per heavy atom. The number of hydrogen-bond acceptors (Lipinski definition) is 4. The highest BCUT2D eigenvalue weighted by molar-refractivity contribution is 7.10. The number of aliphatic hydroxyl groups is 1. The van der Waals surface area contributed by atoms with Gasteiger partial charge in [0.15, 0.2) is 0 Å². The number of likely N-dealkylation sites (tertiary alicyclic amines) is 1. The van der Waals surface area contributed by atoms with Gasteiger partial charge in [0.1, 0.15) is 0 Å². The van der Waals surface area contributed by atoms with Crippen molar-refractivity contribution in [2.75, 3.05) is 6.54 Å². The molecule has 0 bridgehead atoms. The van der Waals surface area contributed by atoms with E-state index in [4.69, 9.17) is 0 Å². The normalized spacial score (nSPS) is 28.0. The van der Waals surface area contributed by atoms with Gasteiger partial charge in [-0.15, -0.1) is 11.3 Å². The summed E-state index contributed by atoms with van der Waals surface area (Å²) in [6, 6.07) is 12.0. The minimum absolute atomic E-state index is 0.0981. The molecule has 3 atom stereocenters. The molecule has 4 rings (SSSR count). The lowest BCUT2D eigenvalue weighted by Crippen LogP contribution is -2.63. The molecule has 2 heterocycles. The Morgan fingerprint density at radius 3 is 2.56 bits per heavy atom. The standard InChI is InChI=1S/C21H24N2O3S/c1-21(26)11-12-23(20(25)15-9-10-15)17(16-8-5-13-27-16)18(21)22-19(24)14-6-3-2-4-7-14/h2-8,13,15,17-18,26H,9-12H2,1H3,(H,22,24)/t17-,18-,21+/m0/s1. The summed E-state index contributed by atoms with van der Waals surface area (Å²) < 4.78 is 0. The maximum atomic E-state index is 12.9. The number of piperidine rings is 1. The summed E-state index contributed by atoms with van der Waals surface area (Å²) in [4.78, 5) is 28.6. The van der Waals surface area contributed by atoms with Crippen molar-refractivity contribution >= 4 is 23.2 Å². The average Bonchev–Trinajstić information content (AvgIpc) is 3.38. The van der Waals surface area contributed by atoms with Crippen LogP contribution < -0.4 is 5.32 Å². The molecule has 2 aliphatic rings. The Labute approximate surface area is 163 Å². The molecule has 1 saturated carbocycles. The molecule has 0 radical (unpaired) electrons. The number of amides is 2. The van der Waals surface area contributed by atoms with Crippen molar-refractivity contribution in [2.24, 2.45) is 5.92 Å². The predicted octanol–water partition coefficient (Wildman–Crippen LogP) is 2.98. The number of carbonyl (C=O) groups excluding carboxylic acids is 2. The van der Waals surface area contributed by atoms with Crippen molar-refractivity contribution in [1.82, 2.24) is 10.2 Å². The predicted molar refractivity (Wildman–Crippen MR) is 104 cm³/mol. The number of carbonyl (C=O) groups is 2. The van der Waals surface area contributed by atoms with Crippen LogP contribution in [0.15, 0.2) is 47.8 Å². The molecule has 1 aliphatic carbocycles. The monoisotopic (exact) mass is 384 g/mol. The fraction of sp³-hybridized carbons (Fsp3) is 0.429. The number of thiophene rings is 1. The third kappa shape index (κ3) is 3.64. The van der Waals surface area contributed by atoms with Gasteiger partial charge in [-0.25, -0.2) is 0 Å². The Bertz CT molecular complexity index is 815. The topological polar surface area (TPSA) is 69.6 Å². The lowest BCUT2D eigenvalue weighted by molar-refractivity contribution is -0.143. The summed E-state index contributed by atoms with van der Waals surface area (Å²) in [5, 5.41) is 16.1. The van der Waals surface area contributed by atoms with Crippen LogP contribution >= 0.6 is 11.3 Å².